The monoisotopic (exact) mass is 285 g/mol. The van der Waals surface area contributed by atoms with Gasteiger partial charge in [0.1, 0.15) is 5.75 Å². The summed E-state index contributed by atoms with van der Waals surface area (Å²) >= 11 is 0. The van der Waals surface area contributed by atoms with E-state index in [-0.39, 0.29) is 17.2 Å². The number of aromatic hydroxyl groups is 1. The Hall–Kier alpha value is -1.51. The van der Waals surface area contributed by atoms with Gasteiger partial charge < -0.3 is 10.4 Å². The number of phenolic OH excluding ortho intramolecular Hbond substituents is 1. The molecule has 4 bridgehead atoms. The van der Waals surface area contributed by atoms with Crippen molar-refractivity contribution in [1.29, 1.82) is 0 Å². The molecule has 4 fully saturated rings. The third kappa shape index (κ3) is 2.14. The minimum Gasteiger partial charge on any atom is -0.507 e. The van der Waals surface area contributed by atoms with Crippen LogP contribution in [0.5, 0.6) is 5.75 Å². The van der Waals surface area contributed by atoms with Crippen molar-refractivity contribution in [3.63, 3.8) is 0 Å². The van der Waals surface area contributed by atoms with Gasteiger partial charge in [0, 0.05) is 5.54 Å². The van der Waals surface area contributed by atoms with Gasteiger partial charge in [-0.15, -0.1) is 0 Å². The summed E-state index contributed by atoms with van der Waals surface area (Å²) in [7, 11) is 0. The zero-order valence-electron chi connectivity index (χ0n) is 12.6. The van der Waals surface area contributed by atoms with Gasteiger partial charge in [0.15, 0.2) is 0 Å². The Kier molecular flexibility index (Phi) is 2.82. The number of rotatable bonds is 2. The molecule has 4 aliphatic rings. The Balaban J connectivity index is 1.58. The second-order valence-electron chi connectivity index (χ2n) is 7.62. The summed E-state index contributed by atoms with van der Waals surface area (Å²) in [4.78, 5) is 12.6. The summed E-state index contributed by atoms with van der Waals surface area (Å²) in [6.45, 7) is 1.83. The van der Waals surface area contributed by atoms with E-state index in [1.807, 2.05) is 19.1 Å². The summed E-state index contributed by atoms with van der Waals surface area (Å²) in [5.41, 5.74) is 1.18. The fraction of sp³-hybridized carbons (Fsp3) is 0.611. The highest BCUT2D eigenvalue weighted by Gasteiger charge is 2.51. The van der Waals surface area contributed by atoms with Crippen molar-refractivity contribution in [2.45, 2.75) is 51.0 Å². The molecule has 0 saturated heterocycles. The van der Waals surface area contributed by atoms with Gasteiger partial charge in [-0.1, -0.05) is 12.1 Å². The summed E-state index contributed by atoms with van der Waals surface area (Å²) in [6, 6.07) is 5.39. The molecule has 4 saturated carbocycles. The van der Waals surface area contributed by atoms with Gasteiger partial charge in [0.25, 0.3) is 5.91 Å². The first-order valence-electron chi connectivity index (χ1n) is 8.16. The van der Waals surface area contributed by atoms with Crippen LogP contribution in [0.2, 0.25) is 0 Å². The first kappa shape index (κ1) is 13.2. The molecule has 0 atom stereocenters. The van der Waals surface area contributed by atoms with Gasteiger partial charge in [0.05, 0.1) is 5.56 Å². The summed E-state index contributed by atoms with van der Waals surface area (Å²) in [5.74, 6) is 2.45. The van der Waals surface area contributed by atoms with Gasteiger partial charge in [0.2, 0.25) is 0 Å². The van der Waals surface area contributed by atoms with Crippen LogP contribution in [0.15, 0.2) is 18.2 Å². The standard InChI is InChI=1S/C18H23NO2/c1-11-3-2-4-15(16(11)20)17(21)19-18-8-12-5-13(9-18)7-14(6-12)10-18/h2-4,12-14,20H,5-10H2,1H3,(H,19,21). The van der Waals surface area contributed by atoms with Crippen LogP contribution in [-0.2, 0) is 0 Å². The number of hydrogen-bond acceptors (Lipinski definition) is 2. The van der Waals surface area contributed by atoms with Crippen LogP contribution in [0.25, 0.3) is 0 Å². The quantitative estimate of drug-likeness (QED) is 0.875. The number of amides is 1. The minimum atomic E-state index is -0.0989. The average molecular weight is 285 g/mol. The van der Waals surface area contributed by atoms with E-state index in [0.717, 1.165) is 42.6 Å². The number of hydrogen-bond donors (Lipinski definition) is 2. The van der Waals surface area contributed by atoms with Crippen molar-refractivity contribution < 1.29 is 9.90 Å². The lowest BCUT2D eigenvalue weighted by atomic mass is 9.53. The van der Waals surface area contributed by atoms with Gasteiger partial charge >= 0.3 is 0 Å². The maximum absolute atomic E-state index is 12.6. The molecule has 2 N–H and O–H groups in total. The minimum absolute atomic E-state index is 0.00200. The maximum atomic E-state index is 12.6. The topological polar surface area (TPSA) is 49.3 Å². The number of para-hydroxylation sites is 1. The number of nitrogens with one attached hydrogen (secondary N) is 1. The Labute approximate surface area is 125 Å². The molecule has 4 aliphatic carbocycles. The van der Waals surface area contributed by atoms with E-state index >= 15 is 0 Å². The van der Waals surface area contributed by atoms with Crippen LogP contribution in [-0.4, -0.2) is 16.6 Å². The molecule has 0 aliphatic heterocycles. The van der Waals surface area contributed by atoms with E-state index in [4.69, 9.17) is 0 Å². The Morgan fingerprint density at radius 1 is 1.14 bits per heavy atom. The fourth-order valence-corrected chi connectivity index (χ4v) is 5.41. The van der Waals surface area contributed by atoms with Gasteiger partial charge in [-0.2, -0.15) is 0 Å². The Morgan fingerprint density at radius 2 is 1.71 bits per heavy atom. The van der Waals surface area contributed by atoms with Crippen LogP contribution in [0.1, 0.15) is 54.4 Å². The molecule has 3 nitrogen and oxygen atoms in total. The number of carbonyl (C=O) groups is 1. The zero-order valence-corrected chi connectivity index (χ0v) is 12.6. The van der Waals surface area contributed by atoms with Crippen LogP contribution in [0.4, 0.5) is 0 Å². The van der Waals surface area contributed by atoms with Crippen molar-refractivity contribution in [2.24, 2.45) is 17.8 Å². The van der Waals surface area contributed by atoms with Crippen LogP contribution >= 0.6 is 0 Å². The molecule has 0 heterocycles. The second kappa shape index (κ2) is 4.49. The predicted octanol–water partition coefficient (Wildman–Crippen LogP) is 3.40. The average Bonchev–Trinajstić information content (AvgIpc) is 2.39. The lowest BCUT2D eigenvalue weighted by Gasteiger charge is -2.56. The third-order valence-corrected chi connectivity index (χ3v) is 5.90. The molecule has 21 heavy (non-hydrogen) atoms. The van der Waals surface area contributed by atoms with E-state index in [1.165, 1.54) is 19.3 Å². The molecule has 5 rings (SSSR count). The SMILES string of the molecule is Cc1cccc(C(=O)NC23CC4CC(CC(C4)C2)C3)c1O. The summed E-state index contributed by atoms with van der Waals surface area (Å²) < 4.78 is 0. The highest BCUT2D eigenvalue weighted by Crippen LogP contribution is 2.55. The molecule has 0 unspecified atom stereocenters. The van der Waals surface area contributed by atoms with Gasteiger partial charge in [-0.05, 0) is 74.8 Å². The fourth-order valence-electron chi connectivity index (χ4n) is 5.41. The molecule has 1 aromatic carbocycles. The van der Waals surface area contributed by atoms with Crippen molar-refractivity contribution in [2.75, 3.05) is 0 Å². The summed E-state index contributed by atoms with van der Waals surface area (Å²) in [6.07, 6.45) is 7.51. The second-order valence-corrected chi connectivity index (χ2v) is 7.62. The number of aryl methyl sites for hydroxylation is 1. The van der Waals surface area contributed by atoms with Gasteiger partial charge in [-0.3, -0.25) is 4.79 Å². The normalized spacial score (nSPS) is 36.7. The van der Waals surface area contributed by atoms with Crippen molar-refractivity contribution in [1.82, 2.24) is 5.32 Å². The highest BCUT2D eigenvalue weighted by atomic mass is 16.3. The maximum Gasteiger partial charge on any atom is 0.255 e. The first-order valence-corrected chi connectivity index (χ1v) is 8.16. The largest absolute Gasteiger partial charge is 0.507 e. The number of carbonyl (C=O) groups excluding carboxylic acids is 1. The molecule has 112 valence electrons. The zero-order chi connectivity index (χ0) is 14.6. The first-order chi connectivity index (χ1) is 10.0. The van der Waals surface area contributed by atoms with Gasteiger partial charge in [-0.25, -0.2) is 0 Å². The number of phenols is 1. The van der Waals surface area contributed by atoms with E-state index in [1.54, 1.807) is 6.07 Å². The van der Waals surface area contributed by atoms with Crippen molar-refractivity contribution in [3.05, 3.63) is 29.3 Å². The third-order valence-electron chi connectivity index (χ3n) is 5.90. The van der Waals surface area contributed by atoms with Crippen LogP contribution in [0, 0.1) is 24.7 Å². The van der Waals surface area contributed by atoms with E-state index < -0.39 is 0 Å². The number of benzene rings is 1. The molecule has 1 amide bonds. The highest BCUT2D eigenvalue weighted by molar-refractivity contribution is 5.97. The Morgan fingerprint density at radius 3 is 2.29 bits per heavy atom. The van der Waals surface area contributed by atoms with Crippen molar-refractivity contribution >= 4 is 5.91 Å². The van der Waals surface area contributed by atoms with Crippen molar-refractivity contribution in [3.8, 4) is 5.75 Å². The lowest BCUT2D eigenvalue weighted by Crippen LogP contribution is -2.59. The molecule has 0 aromatic heterocycles. The Bertz CT molecular complexity index is 558. The van der Waals surface area contributed by atoms with Crippen LogP contribution < -0.4 is 5.32 Å². The summed E-state index contributed by atoms with van der Waals surface area (Å²) in [5, 5.41) is 13.4. The van der Waals surface area contributed by atoms with E-state index in [0.29, 0.717) is 5.56 Å². The molecule has 0 radical (unpaired) electrons. The molecule has 3 heteroatoms. The smallest absolute Gasteiger partial charge is 0.255 e. The molecule has 1 aromatic rings. The van der Waals surface area contributed by atoms with E-state index in [2.05, 4.69) is 5.32 Å². The molecule has 0 spiro atoms. The molecular weight excluding hydrogens is 262 g/mol. The van der Waals surface area contributed by atoms with E-state index in [9.17, 15) is 9.90 Å². The molecular formula is C18H23NO2. The predicted molar refractivity (Wildman–Crippen MR) is 81.2 cm³/mol. The van der Waals surface area contributed by atoms with Crippen LogP contribution in [0.3, 0.4) is 0 Å². The lowest BCUT2D eigenvalue weighted by molar-refractivity contribution is -0.0167.